The maximum Gasteiger partial charge on any atom is 0.422 e. The first-order valence-electron chi connectivity index (χ1n) is 21.0. The third kappa shape index (κ3) is 9.94. The first-order chi connectivity index (χ1) is 29.6. The molecule has 1 amide bonds. The third-order valence-electron chi connectivity index (χ3n) is 12.2. The maximum atomic E-state index is 15.9. The van der Waals surface area contributed by atoms with Gasteiger partial charge in [-0.15, -0.1) is 0 Å². The number of nitrogens with zero attached hydrogens (tertiary/aromatic N) is 2. The summed E-state index contributed by atoms with van der Waals surface area (Å²) in [6, 6.07) is 23.2. The van der Waals surface area contributed by atoms with Gasteiger partial charge in [0.05, 0.1) is 11.4 Å². The molecule has 10 nitrogen and oxygen atoms in total. The van der Waals surface area contributed by atoms with E-state index in [1.165, 1.54) is 41.5 Å². The molecule has 0 radical (unpaired) electrons. The van der Waals surface area contributed by atoms with Crippen LogP contribution in [0.4, 0.5) is 24.5 Å². The van der Waals surface area contributed by atoms with Gasteiger partial charge in [-0.3, -0.25) is 9.69 Å². The molecule has 0 saturated carbocycles. The number of aromatic nitrogens is 1. The Kier molecular flexibility index (Phi) is 12.7. The number of alkyl halides is 3. The van der Waals surface area contributed by atoms with Crippen molar-refractivity contribution in [2.45, 2.75) is 57.0 Å². The quantitative estimate of drug-likeness (QED) is 0.113. The van der Waals surface area contributed by atoms with Gasteiger partial charge in [0.25, 0.3) is 15.9 Å². The number of fused-ring (bicyclic) bond motifs is 1. The van der Waals surface area contributed by atoms with Crippen molar-refractivity contribution in [3.8, 4) is 11.5 Å². The number of sulfonamides is 1. The van der Waals surface area contributed by atoms with Crippen LogP contribution in [-0.4, -0.2) is 76.7 Å². The van der Waals surface area contributed by atoms with Crippen molar-refractivity contribution in [2.24, 2.45) is 11.3 Å². The topological polar surface area (TPSA) is 116 Å². The second kappa shape index (κ2) is 18.0. The Morgan fingerprint density at radius 2 is 1.69 bits per heavy atom. The highest BCUT2D eigenvalue weighted by Gasteiger charge is 2.44. The molecule has 5 aromatic rings. The standard InChI is InChI=1S/C47H51ClF3N5O5S/c1-46(2)18-14-35(38(28-46)32-8-10-36(48)11-9-32)30-55-20-22-56(23-21-55)40-27-41(62(58,59)54-45(57)33-6-4-3-5-7-33)44(61-37-12-13-39-34(26-37)15-19-52-39)42(47(49,50)51)43(40)53-29-31-16-24-60-25-17-31/h3-13,15,19,26-27,31,52-53H,14,16-18,20-25,28-30H2,1-2H3,(H,54,57). The van der Waals surface area contributed by atoms with Gasteiger partial charge >= 0.3 is 6.18 Å². The van der Waals surface area contributed by atoms with E-state index in [2.05, 4.69) is 41.2 Å². The van der Waals surface area contributed by atoms with Gasteiger partial charge in [-0.1, -0.05) is 61.4 Å². The number of carbonyl (C=O) groups is 1. The van der Waals surface area contributed by atoms with Gasteiger partial charge in [-0.05, 0) is 109 Å². The number of H-pyrrole nitrogens is 1. The smallest absolute Gasteiger partial charge is 0.422 e. The van der Waals surface area contributed by atoms with Crippen molar-refractivity contribution in [3.05, 3.63) is 118 Å². The summed E-state index contributed by atoms with van der Waals surface area (Å²) in [5.74, 6) is -1.91. The van der Waals surface area contributed by atoms with Crippen LogP contribution < -0.4 is 19.7 Å². The number of hydrogen-bond acceptors (Lipinski definition) is 8. The fraction of sp³-hybridized carbons (Fsp3) is 0.383. The Morgan fingerprint density at radius 3 is 2.40 bits per heavy atom. The van der Waals surface area contributed by atoms with Crippen molar-refractivity contribution in [1.82, 2.24) is 14.6 Å². The minimum atomic E-state index is -5.10. The number of ether oxygens (including phenoxy) is 2. The second-order valence-electron chi connectivity index (χ2n) is 17.2. The summed E-state index contributed by atoms with van der Waals surface area (Å²) in [4.78, 5) is 19.8. The van der Waals surface area contributed by atoms with Crippen molar-refractivity contribution in [2.75, 3.05) is 62.7 Å². The Bertz CT molecular complexity index is 2550. The summed E-state index contributed by atoms with van der Waals surface area (Å²) in [7, 11) is -4.99. The number of anilines is 2. The molecule has 3 heterocycles. The molecule has 4 aromatic carbocycles. The van der Waals surface area contributed by atoms with Crippen LogP contribution in [0.5, 0.6) is 11.5 Å². The number of nitrogens with one attached hydrogen (secondary N) is 3. The fourth-order valence-corrected chi connectivity index (χ4v) is 9.99. The van der Waals surface area contributed by atoms with E-state index in [0.29, 0.717) is 69.2 Å². The van der Waals surface area contributed by atoms with Gasteiger partial charge in [-0.2, -0.15) is 13.2 Å². The van der Waals surface area contributed by atoms with Crippen molar-refractivity contribution < 1.29 is 35.9 Å². The van der Waals surface area contributed by atoms with E-state index in [1.807, 2.05) is 21.8 Å². The van der Waals surface area contributed by atoms with Crippen LogP contribution in [0.2, 0.25) is 5.02 Å². The first kappa shape index (κ1) is 43.6. The van der Waals surface area contributed by atoms with Crippen LogP contribution in [0, 0.1) is 11.3 Å². The van der Waals surface area contributed by atoms with E-state index in [4.69, 9.17) is 21.1 Å². The van der Waals surface area contributed by atoms with Crippen molar-refractivity contribution in [1.29, 1.82) is 0 Å². The molecule has 3 aliphatic rings. The number of halogens is 4. The molecule has 1 aliphatic carbocycles. The highest BCUT2D eigenvalue weighted by Crippen LogP contribution is 2.51. The Balaban J connectivity index is 1.19. The van der Waals surface area contributed by atoms with Crippen LogP contribution in [0.1, 0.15) is 67.4 Å². The van der Waals surface area contributed by atoms with E-state index in [-0.39, 0.29) is 40.6 Å². The molecule has 0 unspecified atom stereocenters. The van der Waals surface area contributed by atoms with Crippen molar-refractivity contribution in [3.63, 3.8) is 0 Å². The SMILES string of the molecule is CC1(C)CCC(CN2CCN(c3cc(S(=O)(=O)NC(=O)c4ccccc4)c(Oc4ccc5[nH]ccc5c4)c(C(F)(F)F)c3NCC3CCOCC3)CC2)=C(c2ccc(Cl)cc2)C1. The summed E-state index contributed by atoms with van der Waals surface area (Å²) in [5, 5.41) is 4.47. The molecule has 328 valence electrons. The molecule has 0 bridgehead atoms. The van der Waals surface area contributed by atoms with Gasteiger partial charge in [0, 0.05) is 80.2 Å². The number of amides is 1. The van der Waals surface area contributed by atoms with Crippen LogP contribution in [-0.2, 0) is 20.9 Å². The third-order valence-corrected chi connectivity index (χ3v) is 13.8. The summed E-state index contributed by atoms with van der Waals surface area (Å²) in [5.41, 5.74) is 3.16. The zero-order valence-electron chi connectivity index (χ0n) is 34.8. The number of benzene rings is 4. The number of piperazine rings is 1. The Hall–Kier alpha value is -5.02. The monoisotopic (exact) mass is 889 g/mol. The van der Waals surface area contributed by atoms with Crippen LogP contribution in [0.15, 0.2) is 102 Å². The van der Waals surface area contributed by atoms with Gasteiger partial charge in [-0.25, -0.2) is 13.1 Å². The lowest BCUT2D eigenvalue weighted by Gasteiger charge is -2.40. The lowest BCUT2D eigenvalue weighted by molar-refractivity contribution is -0.138. The van der Waals surface area contributed by atoms with E-state index in [0.717, 1.165) is 30.3 Å². The zero-order valence-corrected chi connectivity index (χ0v) is 36.4. The number of rotatable bonds is 12. The van der Waals surface area contributed by atoms with E-state index >= 15 is 13.2 Å². The van der Waals surface area contributed by atoms with E-state index in [1.54, 1.807) is 36.5 Å². The lowest BCUT2D eigenvalue weighted by atomic mass is 9.72. The van der Waals surface area contributed by atoms with Crippen LogP contribution in [0.3, 0.4) is 0 Å². The molecule has 15 heteroatoms. The van der Waals surface area contributed by atoms with E-state index in [9.17, 15) is 13.2 Å². The molecule has 2 saturated heterocycles. The molecule has 1 aromatic heterocycles. The minimum Gasteiger partial charge on any atom is -0.455 e. The molecule has 0 atom stereocenters. The molecule has 3 N–H and O–H groups in total. The van der Waals surface area contributed by atoms with E-state index < -0.39 is 38.3 Å². The number of carbonyl (C=O) groups excluding carboxylic acids is 1. The largest absolute Gasteiger partial charge is 0.455 e. The molecular weight excluding hydrogens is 839 g/mol. The normalized spacial score (nSPS) is 17.9. The molecular formula is C47H51ClF3N5O5S. The molecule has 2 aliphatic heterocycles. The Morgan fingerprint density at radius 1 is 0.968 bits per heavy atom. The molecule has 62 heavy (non-hydrogen) atoms. The van der Waals surface area contributed by atoms with Crippen LogP contribution in [0.25, 0.3) is 16.5 Å². The van der Waals surface area contributed by atoms with Crippen molar-refractivity contribution >= 4 is 55.4 Å². The van der Waals surface area contributed by atoms with Crippen LogP contribution >= 0.6 is 11.6 Å². The van der Waals surface area contributed by atoms with Gasteiger partial charge in [0.1, 0.15) is 16.2 Å². The average Bonchev–Trinajstić information content (AvgIpc) is 3.72. The van der Waals surface area contributed by atoms with Gasteiger partial charge in [0.2, 0.25) is 0 Å². The highest BCUT2D eigenvalue weighted by molar-refractivity contribution is 7.90. The fourth-order valence-electron chi connectivity index (χ4n) is 8.74. The zero-order chi connectivity index (χ0) is 43.6. The lowest BCUT2D eigenvalue weighted by Crippen LogP contribution is -2.47. The van der Waals surface area contributed by atoms with Gasteiger partial charge < -0.3 is 24.7 Å². The van der Waals surface area contributed by atoms with Gasteiger partial charge in [0.15, 0.2) is 5.75 Å². The average molecular weight is 890 g/mol. The minimum absolute atomic E-state index is 0.0106. The molecule has 8 rings (SSSR count). The number of aromatic amines is 1. The molecule has 2 fully saturated rings. The number of allylic oxidation sites excluding steroid dienone is 1. The predicted molar refractivity (Wildman–Crippen MR) is 238 cm³/mol. The summed E-state index contributed by atoms with van der Waals surface area (Å²) < 4.78 is 90.4. The summed E-state index contributed by atoms with van der Waals surface area (Å²) >= 11 is 6.25. The predicted octanol–water partition coefficient (Wildman–Crippen LogP) is 10.4. The highest BCUT2D eigenvalue weighted by atomic mass is 35.5. The second-order valence-corrected chi connectivity index (χ2v) is 19.3. The number of hydrogen-bond donors (Lipinski definition) is 3. The first-order valence-corrected chi connectivity index (χ1v) is 22.9. The Labute approximate surface area is 365 Å². The summed E-state index contributed by atoms with van der Waals surface area (Å²) in [6.45, 7) is 8.12. The maximum absolute atomic E-state index is 15.9. The molecule has 0 spiro atoms. The summed E-state index contributed by atoms with van der Waals surface area (Å²) in [6.07, 6.45) is 0.774.